The fraction of sp³-hybridized carbons (Fsp3) is 0.545. The first-order chi connectivity index (χ1) is 8.29. The summed E-state index contributed by atoms with van der Waals surface area (Å²) in [5.74, 6) is 1.25. The third-order valence-electron chi connectivity index (χ3n) is 2.24. The van der Waals surface area contributed by atoms with Crippen molar-refractivity contribution in [1.82, 2.24) is 20.5 Å². The average Bonchev–Trinajstić information content (AvgIpc) is 2.93. The highest BCUT2D eigenvalue weighted by Crippen LogP contribution is 2.24. The van der Waals surface area contributed by atoms with Crippen molar-refractivity contribution in [3.8, 4) is 10.8 Å². The summed E-state index contributed by atoms with van der Waals surface area (Å²) in [6.07, 6.45) is 3.67. The van der Waals surface area contributed by atoms with Gasteiger partial charge in [0.05, 0.1) is 11.2 Å². The van der Waals surface area contributed by atoms with E-state index >= 15 is 0 Å². The lowest BCUT2D eigenvalue weighted by Crippen LogP contribution is -2.17. The normalized spacial score (nSPS) is 10.9. The van der Waals surface area contributed by atoms with Crippen LogP contribution in [0.1, 0.15) is 24.2 Å². The Morgan fingerprint density at radius 3 is 2.94 bits per heavy atom. The lowest BCUT2D eigenvalue weighted by atomic mass is 10.4. The molecule has 0 fully saturated rings. The van der Waals surface area contributed by atoms with Crippen molar-refractivity contribution in [2.24, 2.45) is 0 Å². The molecule has 0 radical (unpaired) electrons. The maximum absolute atomic E-state index is 5.57. The molecule has 0 spiro atoms. The van der Waals surface area contributed by atoms with E-state index in [-0.39, 0.29) is 0 Å². The summed E-state index contributed by atoms with van der Waals surface area (Å²) in [5, 5.41) is 12.3. The Bertz CT molecular complexity index is 465. The van der Waals surface area contributed by atoms with Crippen LogP contribution >= 0.6 is 11.3 Å². The molecule has 0 aliphatic carbocycles. The summed E-state index contributed by atoms with van der Waals surface area (Å²) >= 11 is 1.56. The highest BCUT2D eigenvalue weighted by atomic mass is 32.1. The van der Waals surface area contributed by atoms with Crippen LogP contribution in [-0.2, 0) is 6.42 Å². The monoisotopic (exact) mass is 252 g/mol. The van der Waals surface area contributed by atoms with E-state index in [1.807, 2.05) is 6.92 Å². The molecule has 2 aromatic heterocycles. The van der Waals surface area contributed by atoms with Gasteiger partial charge in [0.1, 0.15) is 4.88 Å². The summed E-state index contributed by atoms with van der Waals surface area (Å²) in [4.78, 5) is 5.10. The van der Waals surface area contributed by atoms with E-state index in [0.717, 1.165) is 35.8 Å². The Hall–Kier alpha value is -1.27. The highest BCUT2D eigenvalue weighted by molar-refractivity contribution is 7.14. The molecule has 0 bridgehead atoms. The third kappa shape index (κ3) is 3.34. The maximum atomic E-state index is 5.57. The van der Waals surface area contributed by atoms with Gasteiger partial charge in [-0.25, -0.2) is 4.98 Å². The molecule has 5 nitrogen and oxygen atoms in total. The van der Waals surface area contributed by atoms with Crippen molar-refractivity contribution in [2.75, 3.05) is 13.1 Å². The van der Waals surface area contributed by atoms with Gasteiger partial charge in [-0.3, -0.25) is 0 Å². The Balaban J connectivity index is 1.92. The molecule has 0 saturated heterocycles. The van der Waals surface area contributed by atoms with Crippen LogP contribution in [0.3, 0.4) is 0 Å². The first kappa shape index (κ1) is 12.2. The number of thiazole rings is 1. The van der Waals surface area contributed by atoms with Gasteiger partial charge in [0.15, 0.2) is 0 Å². The predicted molar refractivity (Wildman–Crippen MR) is 67.0 cm³/mol. The standard InChI is InChI=1S/C11H16N4OS/c1-3-5-12-6-4-10-14-15-11(16-10)9-7-13-8(2)17-9/h7,12H,3-6H2,1-2H3. The van der Waals surface area contributed by atoms with Crippen LogP contribution in [0.2, 0.25) is 0 Å². The molecule has 2 rings (SSSR count). The molecular weight excluding hydrogens is 236 g/mol. The second-order valence-electron chi connectivity index (χ2n) is 3.74. The average molecular weight is 252 g/mol. The van der Waals surface area contributed by atoms with Crippen molar-refractivity contribution >= 4 is 11.3 Å². The van der Waals surface area contributed by atoms with Gasteiger partial charge in [0.25, 0.3) is 5.89 Å². The number of nitrogens with one attached hydrogen (secondary N) is 1. The van der Waals surface area contributed by atoms with Gasteiger partial charge >= 0.3 is 0 Å². The Labute approximate surface area is 104 Å². The number of aromatic nitrogens is 3. The fourth-order valence-electron chi connectivity index (χ4n) is 1.41. The fourth-order valence-corrected chi connectivity index (χ4v) is 2.11. The predicted octanol–water partition coefficient (Wildman–Crippen LogP) is 2.04. The molecule has 2 heterocycles. The molecule has 0 atom stereocenters. The number of hydrogen-bond donors (Lipinski definition) is 1. The summed E-state index contributed by atoms with van der Waals surface area (Å²) < 4.78 is 5.57. The van der Waals surface area contributed by atoms with E-state index in [9.17, 15) is 0 Å². The van der Waals surface area contributed by atoms with Crippen LogP contribution < -0.4 is 5.32 Å². The van der Waals surface area contributed by atoms with Crippen LogP contribution in [-0.4, -0.2) is 28.3 Å². The molecule has 0 saturated carbocycles. The second-order valence-corrected chi connectivity index (χ2v) is 4.98. The third-order valence-corrected chi connectivity index (χ3v) is 3.14. The molecule has 0 aliphatic rings. The van der Waals surface area contributed by atoms with Gasteiger partial charge in [-0.15, -0.1) is 21.5 Å². The Morgan fingerprint density at radius 2 is 2.24 bits per heavy atom. The minimum atomic E-state index is 0.570. The van der Waals surface area contributed by atoms with Crippen molar-refractivity contribution in [3.05, 3.63) is 17.1 Å². The molecule has 6 heteroatoms. The van der Waals surface area contributed by atoms with Gasteiger partial charge in [-0.1, -0.05) is 6.92 Å². The van der Waals surface area contributed by atoms with Crippen LogP contribution in [0.25, 0.3) is 10.8 Å². The SMILES string of the molecule is CCCNCCc1nnc(-c2cnc(C)s2)o1. The van der Waals surface area contributed by atoms with Crippen LogP contribution in [0.5, 0.6) is 0 Å². The first-order valence-corrected chi connectivity index (χ1v) is 6.57. The van der Waals surface area contributed by atoms with Gasteiger partial charge in [-0.2, -0.15) is 0 Å². The zero-order valence-corrected chi connectivity index (χ0v) is 10.9. The zero-order valence-electron chi connectivity index (χ0n) is 10.1. The minimum Gasteiger partial charge on any atom is -0.420 e. The minimum absolute atomic E-state index is 0.570. The lowest BCUT2D eigenvalue weighted by Gasteiger charge is -1.98. The molecule has 0 amide bonds. The quantitative estimate of drug-likeness (QED) is 0.797. The number of rotatable bonds is 6. The van der Waals surface area contributed by atoms with E-state index in [1.165, 1.54) is 0 Å². The van der Waals surface area contributed by atoms with E-state index in [4.69, 9.17) is 4.42 Å². The van der Waals surface area contributed by atoms with E-state index in [2.05, 4.69) is 27.4 Å². The number of aryl methyl sites for hydroxylation is 1. The van der Waals surface area contributed by atoms with Crippen molar-refractivity contribution in [2.45, 2.75) is 26.7 Å². The Kier molecular flexibility index (Phi) is 4.22. The molecule has 92 valence electrons. The topological polar surface area (TPSA) is 63.8 Å². The molecule has 0 aromatic carbocycles. The van der Waals surface area contributed by atoms with E-state index in [0.29, 0.717) is 11.8 Å². The van der Waals surface area contributed by atoms with Crippen molar-refractivity contribution in [3.63, 3.8) is 0 Å². The van der Waals surface area contributed by atoms with Crippen LogP contribution in [0, 0.1) is 6.92 Å². The highest BCUT2D eigenvalue weighted by Gasteiger charge is 2.10. The summed E-state index contributed by atoms with van der Waals surface area (Å²) in [7, 11) is 0. The molecule has 17 heavy (non-hydrogen) atoms. The van der Waals surface area contributed by atoms with Gasteiger partial charge in [0.2, 0.25) is 5.89 Å². The molecule has 0 unspecified atom stereocenters. The van der Waals surface area contributed by atoms with Gasteiger partial charge < -0.3 is 9.73 Å². The summed E-state index contributed by atoms with van der Waals surface area (Å²) in [6.45, 7) is 6.00. The molecular formula is C11H16N4OS. The second kappa shape index (κ2) is 5.88. The van der Waals surface area contributed by atoms with Gasteiger partial charge in [0, 0.05) is 13.0 Å². The van der Waals surface area contributed by atoms with E-state index in [1.54, 1.807) is 17.5 Å². The maximum Gasteiger partial charge on any atom is 0.259 e. The zero-order chi connectivity index (χ0) is 12.1. The molecule has 1 N–H and O–H groups in total. The summed E-state index contributed by atoms with van der Waals surface area (Å²) in [6, 6.07) is 0. The van der Waals surface area contributed by atoms with Gasteiger partial charge in [-0.05, 0) is 19.9 Å². The number of hydrogen-bond acceptors (Lipinski definition) is 6. The summed E-state index contributed by atoms with van der Waals surface area (Å²) in [5.41, 5.74) is 0. The van der Waals surface area contributed by atoms with Crippen molar-refractivity contribution < 1.29 is 4.42 Å². The number of nitrogens with zero attached hydrogens (tertiary/aromatic N) is 3. The van der Waals surface area contributed by atoms with E-state index < -0.39 is 0 Å². The van der Waals surface area contributed by atoms with Crippen LogP contribution in [0.15, 0.2) is 10.6 Å². The Morgan fingerprint density at radius 1 is 1.35 bits per heavy atom. The largest absolute Gasteiger partial charge is 0.420 e. The lowest BCUT2D eigenvalue weighted by molar-refractivity contribution is 0.495. The molecule has 2 aromatic rings. The van der Waals surface area contributed by atoms with Crippen LogP contribution in [0.4, 0.5) is 0 Å². The van der Waals surface area contributed by atoms with Crippen molar-refractivity contribution in [1.29, 1.82) is 0 Å². The first-order valence-electron chi connectivity index (χ1n) is 5.75. The smallest absolute Gasteiger partial charge is 0.259 e. The molecule has 0 aliphatic heterocycles.